The third-order valence-corrected chi connectivity index (χ3v) is 5.02. The van der Waals surface area contributed by atoms with Crippen LogP contribution in [0.25, 0.3) is 5.82 Å². The Labute approximate surface area is 169 Å². The van der Waals surface area contributed by atoms with Crippen LogP contribution in [0, 0.1) is 0 Å². The van der Waals surface area contributed by atoms with E-state index in [-0.39, 0.29) is 17.7 Å². The Kier molecular flexibility index (Phi) is 5.14. The molecule has 0 radical (unpaired) electrons. The zero-order valence-corrected chi connectivity index (χ0v) is 16.0. The average Bonchev–Trinajstić information content (AvgIpc) is 3.43. The number of hydrogen-bond donors (Lipinski definition) is 0. The number of aromatic nitrogens is 6. The molecule has 0 unspecified atom stereocenters. The highest BCUT2D eigenvalue weighted by Gasteiger charge is 2.42. The molecule has 0 atom stereocenters. The number of nitrogens with zero attached hydrogens (tertiary/aromatic N) is 7. The molecule has 4 rings (SSSR count). The van der Waals surface area contributed by atoms with Gasteiger partial charge < -0.3 is 14.2 Å². The van der Waals surface area contributed by atoms with Crippen molar-refractivity contribution in [3.05, 3.63) is 48.3 Å². The fraction of sp³-hybridized carbons (Fsp3) is 0.389. The number of rotatable bonds is 4. The van der Waals surface area contributed by atoms with Gasteiger partial charge in [0.25, 0.3) is 5.91 Å². The molecule has 1 aliphatic rings. The maximum Gasteiger partial charge on any atom is 0.434 e. The number of amides is 1. The smallest absolute Gasteiger partial charge is 0.434 e. The molecule has 12 heteroatoms. The number of carbonyl (C=O) groups is 1. The molecule has 30 heavy (non-hydrogen) atoms. The Morgan fingerprint density at radius 1 is 1.20 bits per heavy atom. The number of halogens is 3. The van der Waals surface area contributed by atoms with Crippen molar-refractivity contribution in [1.29, 1.82) is 0 Å². The van der Waals surface area contributed by atoms with E-state index in [4.69, 9.17) is 4.74 Å². The van der Waals surface area contributed by atoms with E-state index < -0.39 is 23.3 Å². The quantitative estimate of drug-likeness (QED) is 0.642. The number of hydrogen-bond acceptors (Lipinski definition) is 6. The molecular formula is C18H18F3N7O2. The van der Waals surface area contributed by atoms with Gasteiger partial charge in [0.05, 0.1) is 25.2 Å². The molecule has 9 nitrogen and oxygen atoms in total. The molecule has 3 aromatic heterocycles. The fourth-order valence-corrected chi connectivity index (χ4v) is 3.51. The van der Waals surface area contributed by atoms with Gasteiger partial charge in [-0.15, -0.1) is 10.2 Å². The van der Waals surface area contributed by atoms with Gasteiger partial charge in [0, 0.05) is 37.6 Å². The predicted octanol–water partition coefficient (Wildman–Crippen LogP) is 2.36. The lowest BCUT2D eigenvalue weighted by Gasteiger charge is -2.32. The van der Waals surface area contributed by atoms with Gasteiger partial charge in [0.1, 0.15) is 0 Å². The van der Waals surface area contributed by atoms with Gasteiger partial charge in [-0.3, -0.25) is 4.79 Å². The molecule has 3 aromatic rings. The second-order valence-corrected chi connectivity index (χ2v) is 6.78. The number of piperidine rings is 1. The van der Waals surface area contributed by atoms with Crippen LogP contribution in [0.15, 0.2) is 37.1 Å². The van der Waals surface area contributed by atoms with E-state index in [1.165, 1.54) is 24.1 Å². The summed E-state index contributed by atoms with van der Waals surface area (Å²) in [5.74, 6) is -0.725. The molecule has 1 amide bonds. The summed E-state index contributed by atoms with van der Waals surface area (Å²) in [5.41, 5.74) is -1.69. The van der Waals surface area contributed by atoms with Gasteiger partial charge in [0.2, 0.25) is 5.88 Å². The molecule has 1 aliphatic heterocycles. The summed E-state index contributed by atoms with van der Waals surface area (Å²) in [5, 5.41) is 11.2. The number of carbonyl (C=O) groups excluding carboxylic acids is 1. The van der Waals surface area contributed by atoms with E-state index in [9.17, 15) is 18.0 Å². The molecule has 0 bridgehead atoms. The van der Waals surface area contributed by atoms with Gasteiger partial charge in [0.15, 0.2) is 11.5 Å². The molecule has 0 aromatic carbocycles. The molecule has 4 heterocycles. The van der Waals surface area contributed by atoms with Gasteiger partial charge in [-0.05, 0) is 18.9 Å². The van der Waals surface area contributed by atoms with E-state index in [1.807, 2.05) is 10.8 Å². The van der Waals surface area contributed by atoms with E-state index >= 15 is 0 Å². The first-order chi connectivity index (χ1) is 14.4. The van der Waals surface area contributed by atoms with Crippen LogP contribution in [-0.2, 0) is 6.18 Å². The summed E-state index contributed by atoms with van der Waals surface area (Å²) < 4.78 is 48.9. The molecule has 158 valence electrons. The highest BCUT2D eigenvalue weighted by Crippen LogP contribution is 2.34. The van der Waals surface area contributed by atoms with Gasteiger partial charge in [-0.1, -0.05) is 0 Å². The Bertz CT molecular complexity index is 1010. The normalized spacial score (nSPS) is 15.4. The van der Waals surface area contributed by atoms with Crippen LogP contribution in [0.3, 0.4) is 0 Å². The number of ether oxygens (including phenoxy) is 1. The van der Waals surface area contributed by atoms with Crippen LogP contribution < -0.4 is 4.74 Å². The maximum atomic E-state index is 13.8. The summed E-state index contributed by atoms with van der Waals surface area (Å²) >= 11 is 0. The van der Waals surface area contributed by atoms with Gasteiger partial charge >= 0.3 is 6.18 Å². The van der Waals surface area contributed by atoms with Crippen LogP contribution in [0.4, 0.5) is 13.2 Å². The van der Waals surface area contributed by atoms with Crippen molar-refractivity contribution in [3.63, 3.8) is 0 Å². The van der Waals surface area contributed by atoms with Crippen LogP contribution >= 0.6 is 0 Å². The van der Waals surface area contributed by atoms with Crippen LogP contribution in [0.2, 0.25) is 0 Å². The first-order valence-corrected chi connectivity index (χ1v) is 9.18. The second-order valence-electron chi connectivity index (χ2n) is 6.78. The van der Waals surface area contributed by atoms with Crippen molar-refractivity contribution >= 4 is 5.91 Å². The molecule has 1 fully saturated rings. The number of likely N-dealkylation sites (tertiary alicyclic amines) is 1. The molecule has 0 aliphatic carbocycles. The fourth-order valence-electron chi connectivity index (χ4n) is 3.51. The summed E-state index contributed by atoms with van der Waals surface area (Å²) in [4.78, 5) is 18.3. The zero-order chi connectivity index (χ0) is 21.3. The van der Waals surface area contributed by atoms with Crippen molar-refractivity contribution in [2.24, 2.45) is 0 Å². The lowest BCUT2D eigenvalue weighted by Crippen LogP contribution is -2.39. The number of imidazole rings is 1. The lowest BCUT2D eigenvalue weighted by atomic mass is 10.0. The minimum atomic E-state index is -4.81. The summed E-state index contributed by atoms with van der Waals surface area (Å²) in [6.45, 7) is 0.680. The lowest BCUT2D eigenvalue weighted by molar-refractivity contribution is -0.143. The Morgan fingerprint density at radius 3 is 2.53 bits per heavy atom. The number of alkyl halides is 3. The average molecular weight is 421 g/mol. The van der Waals surface area contributed by atoms with E-state index in [0.29, 0.717) is 30.6 Å². The minimum absolute atomic E-state index is 0.150. The largest absolute Gasteiger partial charge is 0.480 e. The topological polar surface area (TPSA) is 91.0 Å². The van der Waals surface area contributed by atoms with E-state index in [2.05, 4.69) is 20.3 Å². The molecule has 0 saturated carbocycles. The monoisotopic (exact) mass is 421 g/mol. The minimum Gasteiger partial charge on any atom is -0.480 e. The molecule has 1 saturated heterocycles. The number of methoxy groups -OCH3 is 1. The van der Waals surface area contributed by atoms with Crippen molar-refractivity contribution in [2.45, 2.75) is 25.1 Å². The second kappa shape index (κ2) is 7.76. The van der Waals surface area contributed by atoms with Crippen LogP contribution in [0.5, 0.6) is 5.88 Å². The van der Waals surface area contributed by atoms with Crippen molar-refractivity contribution in [3.8, 4) is 11.7 Å². The third-order valence-electron chi connectivity index (χ3n) is 5.02. The van der Waals surface area contributed by atoms with E-state index in [1.54, 1.807) is 12.5 Å². The highest BCUT2D eigenvalue weighted by atomic mass is 19.4. The van der Waals surface area contributed by atoms with Crippen molar-refractivity contribution < 1.29 is 22.7 Å². The first kappa shape index (κ1) is 19.9. The zero-order valence-electron chi connectivity index (χ0n) is 16.0. The standard InChI is InChI=1S/C18H18F3N7O2/c1-30-15-3-2-14(24-25-15)28-16(18(19,20)21)13(10-23-28)17(29)26-7-4-12(5-8-26)27-9-6-22-11-27/h2-3,6,9-12H,4-5,7-8H2,1H3. The molecule has 0 spiro atoms. The van der Waals surface area contributed by atoms with Crippen LogP contribution in [-0.4, -0.2) is 60.5 Å². The molecule has 0 N–H and O–H groups in total. The third kappa shape index (κ3) is 3.72. The maximum absolute atomic E-state index is 13.8. The van der Waals surface area contributed by atoms with Crippen LogP contribution in [0.1, 0.15) is 34.9 Å². The summed E-state index contributed by atoms with van der Waals surface area (Å²) in [6, 6.07) is 2.82. The highest BCUT2D eigenvalue weighted by molar-refractivity contribution is 5.95. The Balaban J connectivity index is 1.59. The Morgan fingerprint density at radius 2 is 1.97 bits per heavy atom. The van der Waals surface area contributed by atoms with E-state index in [0.717, 1.165) is 6.20 Å². The SMILES string of the molecule is COc1ccc(-n2ncc(C(=O)N3CCC(n4ccnc4)CC3)c2C(F)(F)F)nn1. The molecular weight excluding hydrogens is 403 g/mol. The van der Waals surface area contributed by atoms with Crippen molar-refractivity contribution in [2.75, 3.05) is 20.2 Å². The van der Waals surface area contributed by atoms with Crippen molar-refractivity contribution in [1.82, 2.24) is 34.4 Å². The summed E-state index contributed by atoms with van der Waals surface area (Å²) in [6.07, 6.45) is 2.58. The first-order valence-electron chi connectivity index (χ1n) is 9.18. The van der Waals surface area contributed by atoms with Gasteiger partial charge in [-0.2, -0.15) is 18.3 Å². The van der Waals surface area contributed by atoms with Gasteiger partial charge in [-0.25, -0.2) is 9.67 Å². The Hall–Kier alpha value is -3.44. The summed E-state index contributed by atoms with van der Waals surface area (Å²) in [7, 11) is 1.37. The predicted molar refractivity (Wildman–Crippen MR) is 97.1 cm³/mol.